The Morgan fingerprint density at radius 3 is 2.75 bits per heavy atom. The lowest BCUT2D eigenvalue weighted by atomic mass is 10.1. The van der Waals surface area contributed by atoms with Crippen molar-refractivity contribution in [3.05, 3.63) is 28.8 Å². The second kappa shape index (κ2) is 5.41. The average molecular weight is 258 g/mol. The first-order valence-corrected chi connectivity index (χ1v) is 6.67. The van der Waals surface area contributed by atoms with Crippen LogP contribution in [0.4, 0.5) is 0 Å². The van der Waals surface area contributed by atoms with Gasteiger partial charge < -0.3 is 10.1 Å². The van der Waals surface area contributed by atoms with Crippen LogP contribution in [0.15, 0.2) is 23.1 Å². The number of thioether (sulfide) groups is 1. The number of rotatable bonds is 4. The second-order valence-electron chi connectivity index (χ2n) is 3.97. The zero-order valence-electron chi connectivity index (χ0n) is 9.50. The molecule has 0 aromatic heterocycles. The summed E-state index contributed by atoms with van der Waals surface area (Å²) in [5.41, 5.74) is 1.15. The van der Waals surface area contributed by atoms with Gasteiger partial charge in [-0.15, -0.1) is 11.8 Å². The summed E-state index contributed by atoms with van der Waals surface area (Å²) in [4.78, 5) is 1.23. The van der Waals surface area contributed by atoms with Gasteiger partial charge in [-0.2, -0.15) is 0 Å². The molecular weight excluding hydrogens is 242 g/mol. The van der Waals surface area contributed by atoms with Crippen molar-refractivity contribution in [2.24, 2.45) is 0 Å². The predicted molar refractivity (Wildman–Crippen MR) is 69.4 cm³/mol. The van der Waals surface area contributed by atoms with Gasteiger partial charge in [-0.3, -0.25) is 0 Å². The predicted octanol–water partition coefficient (Wildman–Crippen LogP) is 3.11. The molecule has 16 heavy (non-hydrogen) atoms. The van der Waals surface area contributed by atoms with Crippen molar-refractivity contribution in [1.29, 1.82) is 0 Å². The summed E-state index contributed by atoms with van der Waals surface area (Å²) < 4.78 is 5.15. The molecule has 0 saturated carbocycles. The topological polar surface area (TPSA) is 21.3 Å². The summed E-state index contributed by atoms with van der Waals surface area (Å²) in [7, 11) is 1.94. The van der Waals surface area contributed by atoms with Gasteiger partial charge in [-0.1, -0.05) is 17.7 Å². The molecule has 1 aromatic carbocycles. The van der Waals surface area contributed by atoms with Crippen LogP contribution in [0.2, 0.25) is 5.02 Å². The Labute approximate surface area is 106 Å². The van der Waals surface area contributed by atoms with Crippen LogP contribution < -0.4 is 5.32 Å². The maximum absolute atomic E-state index is 6.26. The summed E-state index contributed by atoms with van der Waals surface area (Å²) in [6.45, 7) is 3.82. The molecule has 0 radical (unpaired) electrons. The standard InChI is InChI=1S/C12H16ClNOS/c1-8(14-2)11-4-3-9(5-12(11)13)16-10-6-15-7-10/h3-5,8,10,14H,6-7H2,1-2H3. The maximum atomic E-state index is 6.26. The molecule has 4 heteroatoms. The van der Waals surface area contributed by atoms with Crippen molar-refractivity contribution in [3.63, 3.8) is 0 Å². The van der Waals surface area contributed by atoms with E-state index < -0.39 is 0 Å². The molecule has 0 bridgehead atoms. The molecular formula is C12H16ClNOS. The molecule has 0 amide bonds. The first-order chi connectivity index (χ1) is 7.70. The van der Waals surface area contributed by atoms with E-state index >= 15 is 0 Å². The van der Waals surface area contributed by atoms with Crippen molar-refractivity contribution in [2.45, 2.75) is 23.1 Å². The Balaban J connectivity index is 2.08. The minimum absolute atomic E-state index is 0.290. The Kier molecular flexibility index (Phi) is 4.14. The first-order valence-electron chi connectivity index (χ1n) is 5.42. The molecule has 1 heterocycles. The van der Waals surface area contributed by atoms with E-state index in [-0.39, 0.29) is 0 Å². The lowest BCUT2D eigenvalue weighted by Crippen LogP contribution is -2.30. The Morgan fingerprint density at radius 1 is 1.50 bits per heavy atom. The molecule has 1 atom stereocenters. The van der Waals surface area contributed by atoms with Crippen molar-refractivity contribution >= 4 is 23.4 Å². The van der Waals surface area contributed by atoms with Crippen LogP contribution in [0, 0.1) is 0 Å². The van der Waals surface area contributed by atoms with Gasteiger partial charge in [-0.05, 0) is 31.7 Å². The quantitative estimate of drug-likeness (QED) is 0.896. The van der Waals surface area contributed by atoms with E-state index in [1.807, 2.05) is 24.9 Å². The molecule has 1 N–H and O–H groups in total. The van der Waals surface area contributed by atoms with Gasteiger partial charge in [0.1, 0.15) is 0 Å². The SMILES string of the molecule is CNC(C)c1ccc(SC2COC2)cc1Cl. The fraction of sp³-hybridized carbons (Fsp3) is 0.500. The number of benzene rings is 1. The van der Waals surface area contributed by atoms with Gasteiger partial charge in [0.15, 0.2) is 0 Å². The van der Waals surface area contributed by atoms with Crippen LogP contribution in [0.3, 0.4) is 0 Å². The molecule has 0 aliphatic carbocycles. The van der Waals surface area contributed by atoms with Crippen LogP contribution in [-0.2, 0) is 4.74 Å². The highest BCUT2D eigenvalue weighted by atomic mass is 35.5. The molecule has 88 valence electrons. The Morgan fingerprint density at radius 2 is 2.25 bits per heavy atom. The van der Waals surface area contributed by atoms with E-state index in [0.29, 0.717) is 11.3 Å². The number of hydrogen-bond acceptors (Lipinski definition) is 3. The molecule has 1 saturated heterocycles. The molecule has 1 aliphatic rings. The third kappa shape index (κ3) is 2.72. The zero-order valence-corrected chi connectivity index (χ0v) is 11.1. The highest BCUT2D eigenvalue weighted by Gasteiger charge is 2.20. The largest absolute Gasteiger partial charge is 0.379 e. The van der Waals surface area contributed by atoms with Crippen LogP contribution in [0.25, 0.3) is 0 Å². The molecule has 0 spiro atoms. The summed E-state index contributed by atoms with van der Waals surface area (Å²) in [5, 5.41) is 4.63. The van der Waals surface area contributed by atoms with Gasteiger partial charge in [0.2, 0.25) is 0 Å². The number of ether oxygens (including phenoxy) is 1. The zero-order chi connectivity index (χ0) is 11.5. The van der Waals surface area contributed by atoms with E-state index in [1.165, 1.54) is 4.90 Å². The van der Waals surface area contributed by atoms with E-state index in [2.05, 4.69) is 24.4 Å². The Bertz CT molecular complexity index is 368. The van der Waals surface area contributed by atoms with Crippen LogP contribution >= 0.6 is 23.4 Å². The third-order valence-electron chi connectivity index (χ3n) is 2.78. The molecule has 2 nitrogen and oxygen atoms in total. The van der Waals surface area contributed by atoms with Gasteiger partial charge in [0.25, 0.3) is 0 Å². The highest BCUT2D eigenvalue weighted by molar-refractivity contribution is 8.00. The molecule has 2 rings (SSSR count). The Hall–Kier alpha value is -0.220. The number of nitrogens with one attached hydrogen (secondary N) is 1. The van der Waals surface area contributed by atoms with Crippen molar-refractivity contribution < 1.29 is 4.74 Å². The average Bonchev–Trinajstić information content (AvgIpc) is 2.23. The monoisotopic (exact) mass is 257 g/mol. The smallest absolute Gasteiger partial charge is 0.0611 e. The molecule has 1 aliphatic heterocycles. The number of halogens is 1. The van der Waals surface area contributed by atoms with Crippen molar-refractivity contribution in [1.82, 2.24) is 5.32 Å². The first kappa shape index (κ1) is 12.2. The lowest BCUT2D eigenvalue weighted by molar-refractivity contribution is 0.0455. The number of hydrogen-bond donors (Lipinski definition) is 1. The van der Waals surface area contributed by atoms with Gasteiger partial charge in [0, 0.05) is 16.0 Å². The summed E-state index contributed by atoms with van der Waals surface area (Å²) in [6.07, 6.45) is 0. The van der Waals surface area contributed by atoms with Gasteiger partial charge in [-0.25, -0.2) is 0 Å². The van der Waals surface area contributed by atoms with E-state index in [9.17, 15) is 0 Å². The molecule has 1 aromatic rings. The van der Waals surface area contributed by atoms with Gasteiger partial charge >= 0.3 is 0 Å². The third-order valence-corrected chi connectivity index (χ3v) is 4.24. The molecule has 1 unspecified atom stereocenters. The minimum atomic E-state index is 0.290. The van der Waals surface area contributed by atoms with E-state index in [0.717, 1.165) is 23.8 Å². The van der Waals surface area contributed by atoms with Crippen LogP contribution in [0.5, 0.6) is 0 Å². The lowest BCUT2D eigenvalue weighted by Gasteiger charge is -2.25. The van der Waals surface area contributed by atoms with Crippen molar-refractivity contribution in [3.8, 4) is 0 Å². The molecule has 1 fully saturated rings. The van der Waals surface area contributed by atoms with E-state index in [1.54, 1.807) is 0 Å². The van der Waals surface area contributed by atoms with Crippen molar-refractivity contribution in [2.75, 3.05) is 20.3 Å². The van der Waals surface area contributed by atoms with Crippen LogP contribution in [-0.4, -0.2) is 25.5 Å². The highest BCUT2D eigenvalue weighted by Crippen LogP contribution is 2.32. The van der Waals surface area contributed by atoms with E-state index in [4.69, 9.17) is 16.3 Å². The minimum Gasteiger partial charge on any atom is -0.379 e. The fourth-order valence-corrected chi connectivity index (χ4v) is 3.02. The van der Waals surface area contributed by atoms with Crippen LogP contribution in [0.1, 0.15) is 18.5 Å². The van der Waals surface area contributed by atoms with Gasteiger partial charge in [0.05, 0.1) is 18.5 Å². The normalized spacial score (nSPS) is 18.2. The summed E-state index contributed by atoms with van der Waals surface area (Å²) >= 11 is 8.11. The second-order valence-corrected chi connectivity index (χ2v) is 5.75. The summed E-state index contributed by atoms with van der Waals surface area (Å²) in [6, 6.07) is 6.58. The summed E-state index contributed by atoms with van der Waals surface area (Å²) in [5.74, 6) is 0. The fourth-order valence-electron chi connectivity index (χ4n) is 1.56. The maximum Gasteiger partial charge on any atom is 0.0611 e.